The summed E-state index contributed by atoms with van der Waals surface area (Å²) in [5, 5.41) is 3.60. The molecule has 102 valence electrons. The van der Waals surface area contributed by atoms with Gasteiger partial charge < -0.3 is 5.32 Å². The molecule has 1 aromatic heterocycles. The van der Waals surface area contributed by atoms with Crippen LogP contribution in [0.15, 0.2) is 18.5 Å². The molecule has 0 bridgehead atoms. The predicted octanol–water partition coefficient (Wildman–Crippen LogP) is 4.11. The summed E-state index contributed by atoms with van der Waals surface area (Å²) in [5.41, 5.74) is 3.02. The van der Waals surface area contributed by atoms with Crippen LogP contribution in [-0.4, -0.2) is 11.5 Å². The normalized spacial score (nSPS) is 15.4. The van der Waals surface area contributed by atoms with E-state index in [2.05, 4.69) is 57.9 Å². The van der Waals surface area contributed by atoms with E-state index in [1.54, 1.807) is 0 Å². The topological polar surface area (TPSA) is 24.9 Å². The average molecular weight is 248 g/mol. The van der Waals surface area contributed by atoms with E-state index >= 15 is 0 Å². The Hall–Kier alpha value is -0.890. The first-order chi connectivity index (χ1) is 8.36. The first-order valence-electron chi connectivity index (χ1n) is 7.00. The summed E-state index contributed by atoms with van der Waals surface area (Å²) in [6, 6.07) is 2.51. The summed E-state index contributed by atoms with van der Waals surface area (Å²) >= 11 is 0. The zero-order valence-corrected chi connectivity index (χ0v) is 12.7. The molecular formula is C16H28N2. The molecule has 0 aliphatic heterocycles. The van der Waals surface area contributed by atoms with Gasteiger partial charge in [-0.15, -0.1) is 0 Å². The molecule has 1 N–H and O–H groups in total. The van der Waals surface area contributed by atoms with Crippen molar-refractivity contribution in [1.29, 1.82) is 0 Å². The summed E-state index contributed by atoms with van der Waals surface area (Å²) in [7, 11) is 0. The molecule has 0 radical (unpaired) electrons. The van der Waals surface area contributed by atoms with Gasteiger partial charge in [0.15, 0.2) is 0 Å². The van der Waals surface area contributed by atoms with Gasteiger partial charge >= 0.3 is 0 Å². The standard InChI is InChI=1S/C16H28N2/c1-7-18-15(10-13(3)16(4,5)6)14-11-17-9-8-12(14)2/h8-9,11,13,15,18H,7,10H2,1-6H3. The van der Waals surface area contributed by atoms with Crippen LogP contribution in [0.1, 0.15) is 58.2 Å². The second-order valence-corrected chi connectivity index (χ2v) is 6.35. The van der Waals surface area contributed by atoms with E-state index in [0.29, 0.717) is 17.4 Å². The Morgan fingerprint density at radius 1 is 1.33 bits per heavy atom. The van der Waals surface area contributed by atoms with Crippen molar-refractivity contribution in [2.45, 2.75) is 54.0 Å². The van der Waals surface area contributed by atoms with Crippen molar-refractivity contribution in [2.24, 2.45) is 11.3 Å². The summed E-state index contributed by atoms with van der Waals surface area (Å²) in [5.74, 6) is 0.668. The Morgan fingerprint density at radius 2 is 2.00 bits per heavy atom. The predicted molar refractivity (Wildman–Crippen MR) is 78.6 cm³/mol. The van der Waals surface area contributed by atoms with Gasteiger partial charge in [-0.3, -0.25) is 4.98 Å². The minimum atomic E-state index is 0.351. The molecule has 0 saturated carbocycles. The molecule has 0 saturated heterocycles. The van der Waals surface area contributed by atoms with Crippen LogP contribution >= 0.6 is 0 Å². The first kappa shape index (κ1) is 15.2. The van der Waals surface area contributed by atoms with Gasteiger partial charge in [0.05, 0.1) is 0 Å². The van der Waals surface area contributed by atoms with Crippen LogP contribution in [0.5, 0.6) is 0 Å². The van der Waals surface area contributed by atoms with Crippen LogP contribution in [0, 0.1) is 18.3 Å². The third-order valence-corrected chi connectivity index (χ3v) is 3.97. The van der Waals surface area contributed by atoms with Gasteiger partial charge in [-0.05, 0) is 48.4 Å². The van der Waals surface area contributed by atoms with Crippen LogP contribution in [0.25, 0.3) is 0 Å². The molecule has 18 heavy (non-hydrogen) atoms. The van der Waals surface area contributed by atoms with Crippen LogP contribution in [0.3, 0.4) is 0 Å². The molecule has 1 aromatic rings. The maximum Gasteiger partial charge on any atom is 0.0340 e. The number of rotatable bonds is 5. The zero-order valence-electron chi connectivity index (χ0n) is 12.7. The van der Waals surface area contributed by atoms with Gasteiger partial charge in [-0.2, -0.15) is 0 Å². The summed E-state index contributed by atoms with van der Waals surface area (Å²) in [6.45, 7) is 14.6. The quantitative estimate of drug-likeness (QED) is 0.848. The lowest BCUT2D eigenvalue weighted by atomic mass is 9.77. The Bertz CT molecular complexity index is 366. The monoisotopic (exact) mass is 248 g/mol. The molecule has 2 nitrogen and oxygen atoms in total. The number of nitrogens with one attached hydrogen (secondary N) is 1. The van der Waals surface area contributed by atoms with Crippen molar-refractivity contribution in [3.8, 4) is 0 Å². The van der Waals surface area contributed by atoms with Crippen LogP contribution in [0.2, 0.25) is 0 Å². The van der Waals surface area contributed by atoms with Crippen molar-refractivity contribution in [2.75, 3.05) is 6.54 Å². The fraction of sp³-hybridized carbons (Fsp3) is 0.688. The lowest BCUT2D eigenvalue weighted by Gasteiger charge is -2.31. The second-order valence-electron chi connectivity index (χ2n) is 6.35. The van der Waals surface area contributed by atoms with Crippen molar-refractivity contribution in [3.63, 3.8) is 0 Å². The van der Waals surface area contributed by atoms with E-state index in [1.807, 2.05) is 12.4 Å². The molecule has 1 rings (SSSR count). The number of aryl methyl sites for hydroxylation is 1. The Labute approximate surface area is 112 Å². The molecule has 0 spiro atoms. The third kappa shape index (κ3) is 4.09. The van der Waals surface area contributed by atoms with Gasteiger partial charge in [-0.25, -0.2) is 0 Å². The van der Waals surface area contributed by atoms with E-state index in [-0.39, 0.29) is 0 Å². The van der Waals surface area contributed by atoms with E-state index < -0.39 is 0 Å². The van der Waals surface area contributed by atoms with Crippen LogP contribution < -0.4 is 5.32 Å². The minimum Gasteiger partial charge on any atom is -0.310 e. The smallest absolute Gasteiger partial charge is 0.0340 e. The fourth-order valence-corrected chi connectivity index (χ4v) is 2.11. The Morgan fingerprint density at radius 3 is 2.50 bits per heavy atom. The van der Waals surface area contributed by atoms with Crippen LogP contribution in [-0.2, 0) is 0 Å². The lowest BCUT2D eigenvalue weighted by Crippen LogP contribution is -2.28. The highest BCUT2D eigenvalue weighted by Gasteiger charge is 2.24. The van der Waals surface area contributed by atoms with Crippen molar-refractivity contribution < 1.29 is 0 Å². The largest absolute Gasteiger partial charge is 0.310 e. The molecule has 0 aromatic carbocycles. The molecule has 2 atom stereocenters. The van der Waals surface area contributed by atoms with Crippen molar-refractivity contribution in [3.05, 3.63) is 29.6 Å². The highest BCUT2D eigenvalue weighted by atomic mass is 14.9. The molecule has 2 heteroatoms. The molecule has 0 aliphatic rings. The van der Waals surface area contributed by atoms with Gasteiger partial charge in [0, 0.05) is 18.4 Å². The molecule has 1 heterocycles. The van der Waals surface area contributed by atoms with Gasteiger partial charge in [0.2, 0.25) is 0 Å². The number of hydrogen-bond acceptors (Lipinski definition) is 2. The number of pyridine rings is 1. The number of hydrogen-bond donors (Lipinski definition) is 1. The average Bonchev–Trinajstić information content (AvgIpc) is 2.28. The van der Waals surface area contributed by atoms with Crippen molar-refractivity contribution in [1.82, 2.24) is 10.3 Å². The molecule has 0 amide bonds. The first-order valence-corrected chi connectivity index (χ1v) is 7.00. The van der Waals surface area contributed by atoms with Gasteiger partial charge in [-0.1, -0.05) is 34.6 Å². The van der Waals surface area contributed by atoms with Gasteiger partial charge in [0.25, 0.3) is 0 Å². The van der Waals surface area contributed by atoms with E-state index in [0.717, 1.165) is 13.0 Å². The lowest BCUT2D eigenvalue weighted by molar-refractivity contribution is 0.223. The van der Waals surface area contributed by atoms with E-state index in [4.69, 9.17) is 0 Å². The van der Waals surface area contributed by atoms with Crippen LogP contribution in [0.4, 0.5) is 0 Å². The molecule has 0 fully saturated rings. The van der Waals surface area contributed by atoms with Crippen molar-refractivity contribution >= 4 is 0 Å². The van der Waals surface area contributed by atoms with E-state index in [9.17, 15) is 0 Å². The summed E-state index contributed by atoms with van der Waals surface area (Å²) in [6.07, 6.45) is 5.04. The van der Waals surface area contributed by atoms with E-state index in [1.165, 1.54) is 11.1 Å². The third-order valence-electron chi connectivity index (χ3n) is 3.97. The highest BCUT2D eigenvalue weighted by Crippen LogP contribution is 2.33. The van der Waals surface area contributed by atoms with Gasteiger partial charge in [0.1, 0.15) is 0 Å². The zero-order chi connectivity index (χ0) is 13.8. The minimum absolute atomic E-state index is 0.351. The summed E-state index contributed by atoms with van der Waals surface area (Å²) < 4.78 is 0. The number of aromatic nitrogens is 1. The second kappa shape index (κ2) is 6.33. The Balaban J connectivity index is 2.87. The molecular weight excluding hydrogens is 220 g/mol. The maximum absolute atomic E-state index is 4.28. The molecule has 0 aliphatic carbocycles. The SMILES string of the molecule is CCNC(CC(C)C(C)(C)C)c1cnccc1C. The molecule has 2 unspecified atom stereocenters. The number of nitrogens with zero attached hydrogens (tertiary/aromatic N) is 1. The fourth-order valence-electron chi connectivity index (χ4n) is 2.11. The summed E-state index contributed by atoms with van der Waals surface area (Å²) in [4.78, 5) is 4.28. The Kier molecular flexibility index (Phi) is 5.33. The highest BCUT2D eigenvalue weighted by molar-refractivity contribution is 5.25. The maximum atomic E-state index is 4.28.